The third-order valence-corrected chi connectivity index (χ3v) is 6.27. The van der Waals surface area contributed by atoms with Crippen LogP contribution in [0.15, 0.2) is 59.9 Å². The Morgan fingerprint density at radius 3 is 2.55 bits per heavy atom. The van der Waals surface area contributed by atoms with Gasteiger partial charge in [-0.25, -0.2) is 4.98 Å². The molecule has 2 aliphatic heterocycles. The fraction of sp³-hybridized carbons (Fsp3) is 0.227. The Morgan fingerprint density at radius 1 is 1.03 bits per heavy atom. The monoisotopic (exact) mass is 403 g/mol. The van der Waals surface area contributed by atoms with Crippen LogP contribution in [-0.4, -0.2) is 40.5 Å². The Hall–Kier alpha value is -3.19. The number of aromatic nitrogens is 2. The number of thiazole rings is 1. The quantitative estimate of drug-likeness (QED) is 0.667. The van der Waals surface area contributed by atoms with Gasteiger partial charge in [0.25, 0.3) is 0 Å². The van der Waals surface area contributed by atoms with E-state index in [4.69, 9.17) is 10.4 Å². The Morgan fingerprint density at radius 2 is 1.83 bits per heavy atom. The molecule has 0 saturated carbocycles. The van der Waals surface area contributed by atoms with Crippen molar-refractivity contribution >= 4 is 34.1 Å². The number of nitrogens with one attached hydrogen (secondary N) is 1. The lowest BCUT2D eigenvalue weighted by atomic mass is 10.1. The molecule has 2 aliphatic rings. The molecule has 0 spiro atoms. The van der Waals surface area contributed by atoms with E-state index >= 15 is 0 Å². The average Bonchev–Trinajstić information content (AvgIpc) is 3.50. The van der Waals surface area contributed by atoms with Crippen molar-refractivity contribution < 1.29 is 5.11 Å². The minimum atomic E-state index is 0.170. The summed E-state index contributed by atoms with van der Waals surface area (Å²) in [7, 11) is 0. The molecule has 1 fully saturated rings. The first-order valence-corrected chi connectivity index (χ1v) is 10.6. The second-order valence-corrected chi connectivity index (χ2v) is 8.10. The Kier molecular flexibility index (Phi) is 4.52. The first kappa shape index (κ1) is 17.9. The second-order valence-electron chi connectivity index (χ2n) is 7.25. The smallest absolute Gasteiger partial charge is 0.139 e. The van der Waals surface area contributed by atoms with Crippen molar-refractivity contribution in [1.29, 1.82) is 5.41 Å². The highest BCUT2D eigenvalue weighted by Crippen LogP contribution is 2.34. The maximum absolute atomic E-state index is 10.5. The van der Waals surface area contributed by atoms with Crippen molar-refractivity contribution in [3.8, 4) is 11.3 Å². The highest BCUT2D eigenvalue weighted by atomic mass is 32.1. The molecule has 0 bridgehead atoms. The minimum absolute atomic E-state index is 0.170. The lowest BCUT2D eigenvalue weighted by Gasteiger charge is -2.17. The van der Waals surface area contributed by atoms with Crippen LogP contribution in [0.1, 0.15) is 17.8 Å². The number of rotatable bonds is 4. The Labute approximate surface area is 173 Å². The zero-order valence-corrected chi connectivity index (χ0v) is 16.7. The van der Waals surface area contributed by atoms with E-state index in [0.717, 1.165) is 30.0 Å². The van der Waals surface area contributed by atoms with Crippen molar-refractivity contribution in [1.82, 2.24) is 9.97 Å². The first-order valence-electron chi connectivity index (χ1n) is 9.70. The molecule has 0 amide bonds. The van der Waals surface area contributed by atoms with Crippen molar-refractivity contribution in [2.45, 2.75) is 12.8 Å². The summed E-state index contributed by atoms with van der Waals surface area (Å²) in [4.78, 5) is 13.0. The molecule has 29 heavy (non-hydrogen) atoms. The standard InChI is InChI=1S/C22H21N5OS/c23-21-20(19(28)13-27(21)17-4-3-9-24-12-17)22-25-18(14-29-22)15-5-7-16(8-6-15)26-10-1-2-11-26/h3-9,12,14,23,28H,1-2,10-11,13H2. The van der Waals surface area contributed by atoms with Crippen LogP contribution in [0.5, 0.6) is 0 Å². The van der Waals surface area contributed by atoms with E-state index in [2.05, 4.69) is 34.1 Å². The second kappa shape index (κ2) is 7.33. The van der Waals surface area contributed by atoms with Crippen LogP contribution in [0.25, 0.3) is 16.8 Å². The SMILES string of the molecule is N=C1C(c2nc(-c3ccc(N4CCCC4)cc3)cs2)=C(O)CN1c1cccnc1. The van der Waals surface area contributed by atoms with Crippen LogP contribution in [-0.2, 0) is 0 Å². The van der Waals surface area contributed by atoms with Crippen molar-refractivity contribution in [2.24, 2.45) is 0 Å². The van der Waals surface area contributed by atoms with Crippen LogP contribution >= 0.6 is 11.3 Å². The summed E-state index contributed by atoms with van der Waals surface area (Å²) in [5, 5.41) is 21.7. The summed E-state index contributed by atoms with van der Waals surface area (Å²) in [6.07, 6.45) is 5.91. The van der Waals surface area contributed by atoms with Gasteiger partial charge >= 0.3 is 0 Å². The van der Waals surface area contributed by atoms with Crippen LogP contribution < -0.4 is 9.80 Å². The van der Waals surface area contributed by atoms with Gasteiger partial charge in [-0.15, -0.1) is 11.3 Å². The van der Waals surface area contributed by atoms with Gasteiger partial charge in [0.1, 0.15) is 16.6 Å². The van der Waals surface area contributed by atoms with Crippen LogP contribution in [0.2, 0.25) is 0 Å². The maximum atomic E-state index is 10.5. The summed E-state index contributed by atoms with van der Waals surface area (Å²) in [5.74, 6) is 0.421. The van der Waals surface area contributed by atoms with E-state index in [-0.39, 0.29) is 18.1 Å². The van der Waals surface area contributed by atoms with Crippen molar-refractivity contribution in [2.75, 3.05) is 29.4 Å². The molecule has 1 aromatic carbocycles. The maximum Gasteiger partial charge on any atom is 0.139 e. The van der Waals surface area contributed by atoms with Gasteiger partial charge < -0.3 is 14.9 Å². The molecule has 0 radical (unpaired) electrons. The molecule has 5 rings (SSSR count). The number of aliphatic hydroxyl groups excluding tert-OH is 1. The Balaban J connectivity index is 1.38. The molecule has 2 aromatic heterocycles. The molecule has 3 aromatic rings. The first-order chi connectivity index (χ1) is 14.2. The lowest BCUT2D eigenvalue weighted by Crippen LogP contribution is -2.26. The third kappa shape index (κ3) is 3.27. The van der Waals surface area contributed by atoms with Crippen LogP contribution in [0.3, 0.4) is 0 Å². The summed E-state index contributed by atoms with van der Waals surface area (Å²) < 4.78 is 0. The van der Waals surface area contributed by atoms with Crippen molar-refractivity contribution in [3.05, 3.63) is 64.9 Å². The zero-order valence-electron chi connectivity index (χ0n) is 15.9. The average molecular weight is 404 g/mol. The molecule has 2 N–H and O–H groups in total. The normalized spacial score (nSPS) is 16.9. The summed E-state index contributed by atoms with van der Waals surface area (Å²) in [6, 6.07) is 12.2. The fourth-order valence-electron chi connectivity index (χ4n) is 3.88. The number of nitrogens with zero attached hydrogens (tertiary/aromatic N) is 4. The van der Waals surface area contributed by atoms with E-state index in [0.29, 0.717) is 10.6 Å². The number of benzene rings is 1. The molecular weight excluding hydrogens is 382 g/mol. The zero-order chi connectivity index (χ0) is 19.8. The van der Waals surface area contributed by atoms with E-state index in [1.807, 2.05) is 17.5 Å². The Bertz CT molecular complexity index is 1070. The number of amidine groups is 1. The molecular formula is C22H21N5OS. The van der Waals surface area contributed by atoms with Gasteiger partial charge in [-0.2, -0.15) is 0 Å². The van der Waals surface area contributed by atoms with Gasteiger partial charge in [-0.1, -0.05) is 12.1 Å². The molecule has 7 heteroatoms. The van der Waals surface area contributed by atoms with Gasteiger partial charge in [-0.3, -0.25) is 10.4 Å². The van der Waals surface area contributed by atoms with E-state index in [1.165, 1.54) is 29.9 Å². The minimum Gasteiger partial charge on any atom is -0.510 e. The van der Waals surface area contributed by atoms with Gasteiger partial charge in [0, 0.05) is 35.9 Å². The summed E-state index contributed by atoms with van der Waals surface area (Å²) in [5.41, 5.74) is 4.45. The highest BCUT2D eigenvalue weighted by Gasteiger charge is 2.31. The van der Waals surface area contributed by atoms with E-state index < -0.39 is 0 Å². The molecule has 0 aliphatic carbocycles. The third-order valence-electron chi connectivity index (χ3n) is 5.41. The van der Waals surface area contributed by atoms with Gasteiger partial charge in [0.05, 0.1) is 29.7 Å². The predicted octanol–water partition coefficient (Wildman–Crippen LogP) is 4.57. The number of pyridine rings is 1. The van der Waals surface area contributed by atoms with E-state index in [9.17, 15) is 5.11 Å². The molecule has 0 unspecified atom stereocenters. The van der Waals surface area contributed by atoms with Gasteiger partial charge in [0.2, 0.25) is 0 Å². The number of hydrogen-bond donors (Lipinski definition) is 2. The van der Waals surface area contributed by atoms with Crippen LogP contribution in [0.4, 0.5) is 11.4 Å². The fourth-order valence-corrected chi connectivity index (χ4v) is 4.77. The lowest BCUT2D eigenvalue weighted by molar-refractivity contribution is 0.411. The van der Waals surface area contributed by atoms with Crippen molar-refractivity contribution in [3.63, 3.8) is 0 Å². The molecule has 4 heterocycles. The highest BCUT2D eigenvalue weighted by molar-refractivity contribution is 7.11. The molecule has 0 atom stereocenters. The predicted molar refractivity (Wildman–Crippen MR) is 118 cm³/mol. The number of hydrogen-bond acceptors (Lipinski definition) is 6. The topological polar surface area (TPSA) is 76.3 Å². The van der Waals surface area contributed by atoms with Gasteiger partial charge in [-0.05, 0) is 37.1 Å². The van der Waals surface area contributed by atoms with Gasteiger partial charge in [0.15, 0.2) is 0 Å². The summed E-state index contributed by atoms with van der Waals surface area (Å²) >= 11 is 1.45. The molecule has 146 valence electrons. The van der Waals surface area contributed by atoms with Crippen LogP contribution in [0, 0.1) is 5.41 Å². The molecule has 1 saturated heterocycles. The molecule has 6 nitrogen and oxygen atoms in total. The number of anilines is 2. The number of aliphatic hydroxyl groups is 1. The van der Waals surface area contributed by atoms with E-state index in [1.54, 1.807) is 17.3 Å². The largest absolute Gasteiger partial charge is 0.510 e. The summed E-state index contributed by atoms with van der Waals surface area (Å²) in [6.45, 7) is 2.52.